The maximum atomic E-state index is 5.64. The van der Waals surface area contributed by atoms with Crippen molar-refractivity contribution in [2.45, 2.75) is 32.8 Å². The van der Waals surface area contributed by atoms with Gasteiger partial charge in [0, 0.05) is 19.2 Å². The van der Waals surface area contributed by atoms with Crippen LogP contribution in [0.15, 0.2) is 18.3 Å². The Hall–Kier alpha value is -1.69. The van der Waals surface area contributed by atoms with E-state index in [9.17, 15) is 0 Å². The highest BCUT2D eigenvalue weighted by molar-refractivity contribution is 5.49. The molecular weight excluding hydrogens is 200 g/mol. The van der Waals surface area contributed by atoms with E-state index < -0.39 is 0 Å². The number of aromatic nitrogens is 1. The molecule has 0 aliphatic heterocycles. The molecule has 3 nitrogen and oxygen atoms in total. The van der Waals surface area contributed by atoms with Crippen molar-refractivity contribution in [1.29, 1.82) is 0 Å². The predicted octanol–water partition coefficient (Wildman–Crippen LogP) is 2.69. The first-order chi connectivity index (χ1) is 7.74. The summed E-state index contributed by atoms with van der Waals surface area (Å²) >= 11 is 0. The molecule has 0 saturated heterocycles. The Balaban J connectivity index is 2.54. The highest BCUT2D eigenvalue weighted by Gasteiger charge is 2.04. The monoisotopic (exact) mass is 218 g/mol. The van der Waals surface area contributed by atoms with Gasteiger partial charge in [0.25, 0.3) is 0 Å². The van der Waals surface area contributed by atoms with E-state index in [1.807, 2.05) is 26.0 Å². The van der Waals surface area contributed by atoms with Gasteiger partial charge < -0.3 is 10.1 Å². The Labute approximate surface area is 97.2 Å². The van der Waals surface area contributed by atoms with Crippen LogP contribution in [0.2, 0.25) is 0 Å². The van der Waals surface area contributed by atoms with E-state index in [0.717, 1.165) is 31.0 Å². The van der Waals surface area contributed by atoms with Gasteiger partial charge in [0.1, 0.15) is 0 Å². The summed E-state index contributed by atoms with van der Waals surface area (Å²) in [7, 11) is 0. The fourth-order valence-electron chi connectivity index (χ4n) is 1.27. The molecule has 1 aromatic rings. The Bertz CT molecular complexity index is 355. The molecule has 16 heavy (non-hydrogen) atoms. The molecule has 0 aliphatic carbocycles. The molecule has 3 heteroatoms. The molecule has 1 rings (SSSR count). The third kappa shape index (κ3) is 4.22. The van der Waals surface area contributed by atoms with Gasteiger partial charge in [-0.2, -0.15) is 0 Å². The van der Waals surface area contributed by atoms with Crippen molar-refractivity contribution in [3.63, 3.8) is 0 Å². The lowest BCUT2D eigenvalue weighted by Gasteiger charge is -2.13. The Kier molecular flexibility index (Phi) is 5.21. The smallest absolute Gasteiger partial charge is 0.168 e. The van der Waals surface area contributed by atoms with Crippen LogP contribution in [-0.2, 0) is 0 Å². The molecule has 0 aromatic carbocycles. The summed E-state index contributed by atoms with van der Waals surface area (Å²) in [5.41, 5.74) is 0. The number of anilines is 1. The Morgan fingerprint density at radius 1 is 1.56 bits per heavy atom. The van der Waals surface area contributed by atoms with Gasteiger partial charge in [-0.1, -0.05) is 0 Å². The van der Waals surface area contributed by atoms with Crippen molar-refractivity contribution in [3.05, 3.63) is 18.3 Å². The number of nitrogens with one attached hydrogen (secondary N) is 1. The second-order valence-electron chi connectivity index (χ2n) is 3.75. The normalized spacial score (nSPS) is 9.88. The summed E-state index contributed by atoms with van der Waals surface area (Å²) in [5.74, 6) is 4.18. The highest BCUT2D eigenvalue weighted by Crippen LogP contribution is 2.21. The molecule has 0 aliphatic rings. The lowest BCUT2D eigenvalue weighted by molar-refractivity contribution is 0.243. The van der Waals surface area contributed by atoms with E-state index in [1.165, 1.54) is 0 Å². The van der Waals surface area contributed by atoms with Crippen molar-refractivity contribution in [2.75, 3.05) is 11.9 Å². The molecule has 0 bridgehead atoms. The molecule has 0 radical (unpaired) electrons. The van der Waals surface area contributed by atoms with E-state index in [-0.39, 0.29) is 6.10 Å². The number of rotatable bonds is 6. The summed E-state index contributed by atoms with van der Waals surface area (Å²) in [6, 6.07) is 3.78. The van der Waals surface area contributed by atoms with E-state index >= 15 is 0 Å². The van der Waals surface area contributed by atoms with Crippen LogP contribution < -0.4 is 10.1 Å². The maximum Gasteiger partial charge on any atom is 0.168 e. The summed E-state index contributed by atoms with van der Waals surface area (Å²) in [6.07, 6.45) is 8.80. The third-order valence-corrected chi connectivity index (χ3v) is 1.92. The topological polar surface area (TPSA) is 34.2 Å². The zero-order valence-corrected chi connectivity index (χ0v) is 9.86. The van der Waals surface area contributed by atoms with Gasteiger partial charge in [0.2, 0.25) is 0 Å². The van der Waals surface area contributed by atoms with Crippen LogP contribution in [0.3, 0.4) is 0 Å². The van der Waals surface area contributed by atoms with Gasteiger partial charge in [-0.25, -0.2) is 4.98 Å². The number of ether oxygens (including phenoxy) is 1. The average molecular weight is 218 g/mol. The van der Waals surface area contributed by atoms with Crippen molar-refractivity contribution in [2.24, 2.45) is 0 Å². The first-order valence-corrected chi connectivity index (χ1v) is 5.53. The van der Waals surface area contributed by atoms with Gasteiger partial charge in [-0.15, -0.1) is 12.3 Å². The molecular formula is C13H18N2O. The molecule has 1 aromatic heterocycles. The van der Waals surface area contributed by atoms with Crippen LogP contribution in [0.1, 0.15) is 26.7 Å². The summed E-state index contributed by atoms with van der Waals surface area (Å²) < 4.78 is 5.64. The molecule has 0 fully saturated rings. The number of nitrogens with zero attached hydrogens (tertiary/aromatic N) is 1. The predicted molar refractivity (Wildman–Crippen MR) is 66.6 cm³/mol. The molecule has 0 spiro atoms. The van der Waals surface area contributed by atoms with E-state index in [2.05, 4.69) is 16.2 Å². The number of hydrogen-bond acceptors (Lipinski definition) is 3. The van der Waals surface area contributed by atoms with E-state index in [0.29, 0.717) is 0 Å². The molecule has 1 N–H and O–H groups in total. The largest absolute Gasteiger partial charge is 0.487 e. The standard InChI is InChI=1S/C13H18N2O/c1-4-5-6-9-14-13-12(16-11(2)3)8-7-10-15-13/h1,7-8,10-11H,5-6,9H2,2-3H3,(H,14,15). The third-order valence-electron chi connectivity index (χ3n) is 1.92. The van der Waals surface area contributed by atoms with Crippen LogP contribution in [-0.4, -0.2) is 17.6 Å². The zero-order chi connectivity index (χ0) is 11.8. The van der Waals surface area contributed by atoms with Gasteiger partial charge in [-0.05, 0) is 32.4 Å². The summed E-state index contributed by atoms with van der Waals surface area (Å²) in [5, 5.41) is 3.22. The highest BCUT2D eigenvalue weighted by atomic mass is 16.5. The number of pyridine rings is 1. The van der Waals surface area contributed by atoms with Crippen LogP contribution in [0.25, 0.3) is 0 Å². The van der Waals surface area contributed by atoms with Crippen molar-refractivity contribution < 1.29 is 4.74 Å². The quantitative estimate of drug-likeness (QED) is 0.589. The number of terminal acetylenes is 1. The summed E-state index contributed by atoms with van der Waals surface area (Å²) in [6.45, 7) is 4.81. The van der Waals surface area contributed by atoms with Crippen LogP contribution in [0.4, 0.5) is 5.82 Å². The first kappa shape index (κ1) is 12.4. The van der Waals surface area contributed by atoms with Crippen LogP contribution in [0, 0.1) is 12.3 Å². The van der Waals surface area contributed by atoms with Crippen molar-refractivity contribution in [3.8, 4) is 18.1 Å². The molecule has 0 unspecified atom stereocenters. The van der Waals surface area contributed by atoms with Crippen molar-refractivity contribution >= 4 is 5.82 Å². The Morgan fingerprint density at radius 2 is 2.38 bits per heavy atom. The minimum atomic E-state index is 0.149. The molecule has 86 valence electrons. The molecule has 0 saturated carbocycles. The minimum absolute atomic E-state index is 0.149. The molecule has 0 amide bonds. The fourth-order valence-corrected chi connectivity index (χ4v) is 1.27. The first-order valence-electron chi connectivity index (χ1n) is 5.53. The SMILES string of the molecule is C#CCCCNc1ncccc1OC(C)C. The van der Waals surface area contributed by atoms with E-state index in [4.69, 9.17) is 11.2 Å². The lowest BCUT2D eigenvalue weighted by atomic mass is 10.3. The maximum absolute atomic E-state index is 5.64. The minimum Gasteiger partial charge on any atom is -0.487 e. The van der Waals surface area contributed by atoms with Gasteiger partial charge in [0.05, 0.1) is 6.10 Å². The average Bonchev–Trinajstić information content (AvgIpc) is 2.26. The molecule has 0 atom stereocenters. The summed E-state index contributed by atoms with van der Waals surface area (Å²) in [4.78, 5) is 4.24. The van der Waals surface area contributed by atoms with Crippen LogP contribution in [0.5, 0.6) is 5.75 Å². The van der Waals surface area contributed by atoms with Gasteiger partial charge in [-0.3, -0.25) is 0 Å². The Morgan fingerprint density at radius 3 is 3.06 bits per heavy atom. The number of unbranched alkanes of at least 4 members (excludes halogenated alkanes) is 1. The van der Waals surface area contributed by atoms with Gasteiger partial charge >= 0.3 is 0 Å². The number of hydrogen-bond donors (Lipinski definition) is 1. The second-order valence-corrected chi connectivity index (χ2v) is 3.75. The fraction of sp³-hybridized carbons (Fsp3) is 0.462. The second kappa shape index (κ2) is 6.73. The molecule has 1 heterocycles. The van der Waals surface area contributed by atoms with Crippen molar-refractivity contribution in [1.82, 2.24) is 4.98 Å². The van der Waals surface area contributed by atoms with Crippen LogP contribution >= 0.6 is 0 Å². The van der Waals surface area contributed by atoms with E-state index in [1.54, 1.807) is 6.20 Å². The lowest BCUT2D eigenvalue weighted by Crippen LogP contribution is -2.10. The zero-order valence-electron chi connectivity index (χ0n) is 9.86. The van der Waals surface area contributed by atoms with Gasteiger partial charge in [0.15, 0.2) is 11.6 Å².